The van der Waals surface area contributed by atoms with E-state index in [9.17, 15) is 9.90 Å². The Hall–Kier alpha value is -1.43. The first-order valence-corrected chi connectivity index (χ1v) is 7.42. The maximum atomic E-state index is 11.7. The fourth-order valence-electron chi connectivity index (χ4n) is 3.05. The molecule has 0 radical (unpaired) electrons. The number of likely N-dealkylation sites (tertiary alicyclic amines) is 1. The molecule has 112 valence electrons. The zero-order chi connectivity index (χ0) is 14.6. The van der Waals surface area contributed by atoms with Gasteiger partial charge in [0.15, 0.2) is 5.82 Å². The van der Waals surface area contributed by atoms with Crippen LogP contribution in [0.1, 0.15) is 57.7 Å². The summed E-state index contributed by atoms with van der Waals surface area (Å²) in [4.78, 5) is 18.1. The molecule has 6 nitrogen and oxygen atoms in total. The van der Waals surface area contributed by atoms with E-state index >= 15 is 0 Å². The Labute approximate surface area is 119 Å². The standard InChI is InChI=1S/C14H23N3O3/c1-3-6-12-15-11(16-20-12)10-17-9-5-8-14(17,7-4-2)13(18)19/h3-10H2,1-2H3,(H,18,19). The van der Waals surface area contributed by atoms with E-state index < -0.39 is 11.5 Å². The molecule has 1 aliphatic heterocycles. The largest absolute Gasteiger partial charge is 0.480 e. The number of carboxylic acid groups (broad SMARTS) is 1. The van der Waals surface area contributed by atoms with Gasteiger partial charge in [-0.3, -0.25) is 9.69 Å². The van der Waals surface area contributed by atoms with Gasteiger partial charge in [0.25, 0.3) is 0 Å². The van der Waals surface area contributed by atoms with Gasteiger partial charge in [-0.1, -0.05) is 25.4 Å². The van der Waals surface area contributed by atoms with Gasteiger partial charge in [0.2, 0.25) is 5.89 Å². The molecular formula is C14H23N3O3. The van der Waals surface area contributed by atoms with Gasteiger partial charge in [-0.2, -0.15) is 4.98 Å². The van der Waals surface area contributed by atoms with E-state index in [1.165, 1.54) is 0 Å². The number of aromatic nitrogens is 2. The van der Waals surface area contributed by atoms with E-state index in [2.05, 4.69) is 17.1 Å². The summed E-state index contributed by atoms with van der Waals surface area (Å²) in [6, 6.07) is 0. The summed E-state index contributed by atoms with van der Waals surface area (Å²) in [6.45, 7) is 5.32. The third-order valence-electron chi connectivity index (χ3n) is 3.99. The van der Waals surface area contributed by atoms with Crippen molar-refractivity contribution in [3.63, 3.8) is 0 Å². The number of hydrogen-bond donors (Lipinski definition) is 1. The molecule has 1 fully saturated rings. The molecule has 0 spiro atoms. The van der Waals surface area contributed by atoms with Gasteiger partial charge < -0.3 is 9.63 Å². The summed E-state index contributed by atoms with van der Waals surface area (Å²) in [7, 11) is 0. The van der Waals surface area contributed by atoms with Crippen molar-refractivity contribution in [2.75, 3.05) is 6.54 Å². The molecule has 0 aliphatic carbocycles. The Bertz CT molecular complexity index is 460. The molecule has 0 bridgehead atoms. The zero-order valence-corrected chi connectivity index (χ0v) is 12.3. The van der Waals surface area contributed by atoms with Crippen molar-refractivity contribution in [2.24, 2.45) is 0 Å². The highest BCUT2D eigenvalue weighted by Crippen LogP contribution is 2.34. The van der Waals surface area contributed by atoms with Gasteiger partial charge in [-0.25, -0.2) is 0 Å². The molecule has 1 unspecified atom stereocenters. The molecule has 1 aromatic heterocycles. The minimum atomic E-state index is -0.750. The Balaban J connectivity index is 2.11. The number of nitrogens with zero attached hydrogens (tertiary/aromatic N) is 3. The Kier molecular flexibility index (Phi) is 4.75. The molecule has 1 N–H and O–H groups in total. The summed E-state index contributed by atoms with van der Waals surface area (Å²) in [5.74, 6) is 0.504. The summed E-state index contributed by atoms with van der Waals surface area (Å²) in [6.07, 6.45) is 4.87. The van der Waals surface area contributed by atoms with Crippen molar-refractivity contribution in [1.82, 2.24) is 15.0 Å². The first kappa shape index (κ1) is 15.0. The highest BCUT2D eigenvalue weighted by atomic mass is 16.5. The van der Waals surface area contributed by atoms with Crippen molar-refractivity contribution in [2.45, 2.75) is 64.5 Å². The van der Waals surface area contributed by atoms with Crippen LogP contribution in [0.25, 0.3) is 0 Å². The first-order valence-electron chi connectivity index (χ1n) is 7.42. The fraction of sp³-hybridized carbons (Fsp3) is 0.786. The second-order valence-electron chi connectivity index (χ2n) is 5.47. The quantitative estimate of drug-likeness (QED) is 0.825. The molecular weight excluding hydrogens is 258 g/mol. The lowest BCUT2D eigenvalue weighted by Gasteiger charge is -2.33. The molecule has 1 aromatic rings. The second-order valence-corrected chi connectivity index (χ2v) is 5.47. The number of rotatable bonds is 7. The van der Waals surface area contributed by atoms with Crippen LogP contribution in [0.15, 0.2) is 4.52 Å². The maximum absolute atomic E-state index is 11.7. The van der Waals surface area contributed by atoms with Gasteiger partial charge in [0, 0.05) is 6.42 Å². The predicted octanol–water partition coefficient (Wildman–Crippen LogP) is 2.24. The monoisotopic (exact) mass is 281 g/mol. The highest BCUT2D eigenvalue weighted by molar-refractivity contribution is 5.79. The molecule has 1 atom stereocenters. The molecule has 1 saturated heterocycles. The van der Waals surface area contributed by atoms with E-state index in [-0.39, 0.29) is 0 Å². The van der Waals surface area contributed by atoms with E-state index in [1.807, 2.05) is 11.8 Å². The van der Waals surface area contributed by atoms with Gasteiger partial charge >= 0.3 is 5.97 Å². The van der Waals surface area contributed by atoms with Crippen LogP contribution in [0.2, 0.25) is 0 Å². The Morgan fingerprint density at radius 2 is 2.25 bits per heavy atom. The lowest BCUT2D eigenvalue weighted by Crippen LogP contribution is -2.50. The SMILES string of the molecule is CCCc1nc(CN2CCCC2(CCC)C(=O)O)no1. The average molecular weight is 281 g/mol. The lowest BCUT2D eigenvalue weighted by molar-refractivity contribution is -0.150. The Morgan fingerprint density at radius 1 is 1.45 bits per heavy atom. The number of aryl methyl sites for hydroxylation is 1. The molecule has 2 heterocycles. The second kappa shape index (κ2) is 6.35. The van der Waals surface area contributed by atoms with Crippen molar-refractivity contribution < 1.29 is 14.4 Å². The number of aliphatic carboxylic acids is 1. The van der Waals surface area contributed by atoms with Gasteiger partial charge in [0.05, 0.1) is 6.54 Å². The van der Waals surface area contributed by atoms with E-state index in [1.54, 1.807) is 0 Å². The average Bonchev–Trinajstić information content (AvgIpc) is 3.00. The number of hydrogen-bond acceptors (Lipinski definition) is 5. The van der Waals surface area contributed by atoms with Crippen LogP contribution in [-0.4, -0.2) is 38.2 Å². The maximum Gasteiger partial charge on any atom is 0.324 e. The summed E-state index contributed by atoms with van der Waals surface area (Å²) < 4.78 is 5.17. The molecule has 2 rings (SSSR count). The van der Waals surface area contributed by atoms with Crippen molar-refractivity contribution in [3.8, 4) is 0 Å². The minimum absolute atomic E-state index is 0.458. The molecule has 0 aromatic carbocycles. The smallest absolute Gasteiger partial charge is 0.324 e. The van der Waals surface area contributed by atoms with Crippen LogP contribution in [0.3, 0.4) is 0 Å². The summed E-state index contributed by atoms with van der Waals surface area (Å²) >= 11 is 0. The van der Waals surface area contributed by atoms with Gasteiger partial charge in [-0.05, 0) is 32.2 Å². The molecule has 20 heavy (non-hydrogen) atoms. The van der Waals surface area contributed by atoms with Crippen molar-refractivity contribution in [3.05, 3.63) is 11.7 Å². The van der Waals surface area contributed by atoms with Crippen LogP contribution < -0.4 is 0 Å². The van der Waals surface area contributed by atoms with Crippen LogP contribution in [0.5, 0.6) is 0 Å². The zero-order valence-electron chi connectivity index (χ0n) is 12.3. The third-order valence-corrected chi connectivity index (χ3v) is 3.99. The molecule has 1 aliphatic rings. The lowest BCUT2D eigenvalue weighted by atomic mass is 9.90. The summed E-state index contributed by atoms with van der Waals surface area (Å²) in [5, 5.41) is 13.6. The first-order chi connectivity index (χ1) is 9.62. The van der Waals surface area contributed by atoms with Crippen LogP contribution in [0.4, 0.5) is 0 Å². The molecule has 6 heteroatoms. The Morgan fingerprint density at radius 3 is 2.90 bits per heavy atom. The van der Waals surface area contributed by atoms with E-state index in [4.69, 9.17) is 4.52 Å². The summed E-state index contributed by atoms with van der Waals surface area (Å²) in [5.41, 5.74) is -0.750. The van der Waals surface area contributed by atoms with Crippen LogP contribution in [-0.2, 0) is 17.8 Å². The normalized spacial score (nSPS) is 23.3. The van der Waals surface area contributed by atoms with Crippen LogP contribution >= 0.6 is 0 Å². The predicted molar refractivity (Wildman–Crippen MR) is 73.2 cm³/mol. The third kappa shape index (κ3) is 2.85. The van der Waals surface area contributed by atoms with Gasteiger partial charge in [0.1, 0.15) is 5.54 Å². The van der Waals surface area contributed by atoms with E-state index in [0.717, 1.165) is 32.2 Å². The molecule has 0 amide bonds. The van der Waals surface area contributed by atoms with Crippen molar-refractivity contribution in [1.29, 1.82) is 0 Å². The molecule has 0 saturated carbocycles. The van der Waals surface area contributed by atoms with Crippen molar-refractivity contribution >= 4 is 5.97 Å². The minimum Gasteiger partial charge on any atom is -0.480 e. The fourth-order valence-corrected chi connectivity index (χ4v) is 3.05. The number of carbonyl (C=O) groups is 1. The van der Waals surface area contributed by atoms with Crippen LogP contribution in [0, 0.1) is 0 Å². The topological polar surface area (TPSA) is 79.5 Å². The van der Waals surface area contributed by atoms with E-state index in [0.29, 0.717) is 31.1 Å². The van der Waals surface area contributed by atoms with Gasteiger partial charge in [-0.15, -0.1) is 0 Å². The number of carboxylic acids is 1. The highest BCUT2D eigenvalue weighted by Gasteiger charge is 2.47.